The van der Waals surface area contributed by atoms with E-state index in [1.807, 2.05) is 24.3 Å². The molecule has 8 bridgehead atoms. The van der Waals surface area contributed by atoms with E-state index in [-0.39, 0.29) is 151 Å². The number of nitrogens with two attached hydrogens (primary N) is 8. The highest BCUT2D eigenvalue weighted by atomic mass is 16.5. The van der Waals surface area contributed by atoms with Gasteiger partial charge < -0.3 is 126 Å². The van der Waals surface area contributed by atoms with Crippen molar-refractivity contribution in [3.05, 3.63) is 93.0 Å². The molecule has 8 amide bonds. The third-order valence-electron chi connectivity index (χ3n) is 18.6. The van der Waals surface area contributed by atoms with Crippen LogP contribution in [0, 0.1) is 0 Å². The molecule has 0 spiro atoms. The smallest absolute Gasteiger partial charge is 0.257 e. The third-order valence-corrected chi connectivity index (χ3v) is 18.6. The Morgan fingerprint density at radius 3 is 0.482 bits per heavy atom. The fraction of sp³-hybridized carbons (Fsp3) is 0.600. The average molecular weight is 1570 g/mol. The van der Waals surface area contributed by atoms with Gasteiger partial charge in [0.25, 0.3) is 47.3 Å². The van der Waals surface area contributed by atoms with Gasteiger partial charge in [-0.05, 0) is 49.9 Å². The molecule has 624 valence electrons. The molecule has 32 nitrogen and oxygen atoms in total. The predicted octanol–water partition coefficient (Wildman–Crippen LogP) is 2.48. The standard InChI is InChI=1S/C80H128N16O16/c1-5-9-13-17-53-57-37-59(67(107-47-75(99)91-31-23-83)41-65(57)105-45-73(97)89-29-21-81)54(18-14-10-6-2)61-39-63(71(111-51-79(103)95-35-27-87)43-69(61)109-49-77(101)93-33-25-85)56(20-16-12-8-4)64-40-62(70(110-50-78(102)94-34-26-86)44-72(64)112-52-80(104)96-36-28-88)55(19-15-11-7-3)60-38-58(53)66(106-46-74(98)90-30-22-82)42-68(60)108-48-76(100)92-32-24-84/h37-44,53-56H,5-36,45-52,81-88H2,1-4H3,(H,89,97)(H,90,98)(H,91,99)(H,92,100)(H,93,101)(H,94,102)(H,95,103)(H,96,104). The number of nitrogens with one attached hydrogen (secondary N) is 8. The summed E-state index contributed by atoms with van der Waals surface area (Å²) in [4.78, 5) is 112. The quantitative estimate of drug-likeness (QED) is 0.0282. The molecule has 5 rings (SSSR count). The van der Waals surface area contributed by atoms with Crippen molar-refractivity contribution >= 4 is 47.3 Å². The summed E-state index contributed by atoms with van der Waals surface area (Å²) in [6.45, 7) is 6.25. The van der Waals surface area contributed by atoms with Crippen LogP contribution in [0.1, 0.15) is 199 Å². The molecule has 0 radical (unpaired) electrons. The Kier molecular flexibility index (Phi) is 44.7. The molecular formula is C80H128N16O16. The van der Waals surface area contributed by atoms with Gasteiger partial charge >= 0.3 is 0 Å². The lowest BCUT2D eigenvalue weighted by Crippen LogP contribution is -2.33. The fourth-order valence-corrected chi connectivity index (χ4v) is 13.1. The second-order valence-electron chi connectivity index (χ2n) is 27.3. The lowest BCUT2D eigenvalue weighted by molar-refractivity contribution is -0.123. The highest BCUT2D eigenvalue weighted by Crippen LogP contribution is 2.54. The summed E-state index contributed by atoms with van der Waals surface area (Å²) in [5.41, 5.74) is 51.4. The molecule has 4 aromatic carbocycles. The van der Waals surface area contributed by atoms with Gasteiger partial charge in [-0.25, -0.2) is 0 Å². The Morgan fingerprint density at radius 2 is 0.366 bits per heavy atom. The topological polar surface area (TPSA) is 515 Å². The van der Waals surface area contributed by atoms with Crippen molar-refractivity contribution in [1.82, 2.24) is 42.5 Å². The maximum absolute atomic E-state index is 14.0. The van der Waals surface area contributed by atoms with Gasteiger partial charge in [-0.3, -0.25) is 38.4 Å². The van der Waals surface area contributed by atoms with Crippen LogP contribution >= 0.6 is 0 Å². The molecule has 0 saturated carbocycles. The van der Waals surface area contributed by atoms with Crippen LogP contribution < -0.4 is 126 Å². The number of benzene rings is 4. The van der Waals surface area contributed by atoms with Crippen molar-refractivity contribution in [2.24, 2.45) is 45.9 Å². The van der Waals surface area contributed by atoms with E-state index in [9.17, 15) is 38.4 Å². The van der Waals surface area contributed by atoms with Crippen molar-refractivity contribution in [3.63, 3.8) is 0 Å². The molecule has 0 atom stereocenters. The Labute approximate surface area is 659 Å². The number of rotatable bonds is 56. The van der Waals surface area contributed by atoms with Crippen molar-refractivity contribution in [3.8, 4) is 46.0 Å². The zero-order valence-electron chi connectivity index (χ0n) is 66.4. The second kappa shape index (κ2) is 53.6. The van der Waals surface area contributed by atoms with Crippen molar-refractivity contribution in [2.75, 3.05) is 158 Å². The molecule has 0 heterocycles. The first-order valence-corrected chi connectivity index (χ1v) is 39.9. The molecule has 24 N–H and O–H groups in total. The molecule has 0 unspecified atom stereocenters. The zero-order valence-corrected chi connectivity index (χ0v) is 66.4. The molecule has 1 aliphatic carbocycles. The molecule has 0 aromatic heterocycles. The Bertz CT molecular complexity index is 2930. The summed E-state index contributed by atoms with van der Waals surface area (Å²) in [6.07, 6.45) is 9.70. The van der Waals surface area contributed by atoms with Gasteiger partial charge in [0.15, 0.2) is 52.9 Å². The number of ether oxygens (including phenoxy) is 8. The molecule has 0 fully saturated rings. The molecule has 0 aliphatic heterocycles. The van der Waals surface area contributed by atoms with Gasteiger partial charge in [-0.2, -0.15) is 0 Å². The van der Waals surface area contributed by atoms with Crippen LogP contribution in [0.3, 0.4) is 0 Å². The minimum absolute atomic E-state index is 0.133. The lowest BCUT2D eigenvalue weighted by Gasteiger charge is -2.32. The number of unbranched alkanes of at least 4 members (excludes halogenated alkanes) is 8. The second-order valence-corrected chi connectivity index (χ2v) is 27.3. The van der Waals surface area contributed by atoms with Crippen LogP contribution in [0.4, 0.5) is 0 Å². The summed E-state index contributed by atoms with van der Waals surface area (Å²) in [5, 5.41) is 22.6. The summed E-state index contributed by atoms with van der Waals surface area (Å²) in [5.74, 6) is -6.04. The van der Waals surface area contributed by atoms with Gasteiger partial charge in [0.05, 0.1) is 0 Å². The van der Waals surface area contributed by atoms with E-state index in [0.29, 0.717) is 95.9 Å². The number of hydrogen-bond donors (Lipinski definition) is 16. The molecule has 1 aliphatic rings. The van der Waals surface area contributed by atoms with E-state index in [4.69, 9.17) is 83.8 Å². The first-order valence-electron chi connectivity index (χ1n) is 39.9. The highest BCUT2D eigenvalue weighted by molar-refractivity contribution is 5.82. The minimum Gasteiger partial charge on any atom is -0.483 e. The van der Waals surface area contributed by atoms with Gasteiger partial charge in [0, 0.05) is 197 Å². The molecular weight excluding hydrogens is 1440 g/mol. The summed E-state index contributed by atoms with van der Waals surface area (Å²) >= 11 is 0. The Hall–Kier alpha value is -9.28. The van der Waals surface area contributed by atoms with Crippen molar-refractivity contribution in [2.45, 2.75) is 154 Å². The van der Waals surface area contributed by atoms with E-state index in [1.54, 1.807) is 24.3 Å². The molecule has 0 saturated heterocycles. The molecule has 4 aromatic rings. The van der Waals surface area contributed by atoms with E-state index in [0.717, 1.165) is 51.4 Å². The SMILES string of the molecule is CCCCCC1c2cc(c(OCC(=O)NCCN)cc2OCC(=O)NCCN)C(CCCCC)c2cc(c(OCC(=O)NCCN)cc2OCC(=O)NCCN)C(CCCCC)c2cc(c(OCC(=O)NCCN)cc2OCC(=O)NCCN)C(CCCCC)c2cc1c(OCC(=O)NCCN)cc2OCC(=O)NCCN. The van der Waals surface area contributed by atoms with Crippen LogP contribution in [-0.2, 0) is 38.4 Å². The lowest BCUT2D eigenvalue weighted by atomic mass is 9.76. The van der Waals surface area contributed by atoms with Crippen LogP contribution in [0.25, 0.3) is 0 Å². The summed E-state index contributed by atoms with van der Waals surface area (Å²) in [7, 11) is 0. The average Bonchev–Trinajstić information content (AvgIpc) is 0.747. The predicted molar refractivity (Wildman–Crippen MR) is 430 cm³/mol. The third kappa shape index (κ3) is 31.4. The van der Waals surface area contributed by atoms with Gasteiger partial charge in [0.1, 0.15) is 46.0 Å². The van der Waals surface area contributed by atoms with Crippen molar-refractivity contribution < 1.29 is 76.3 Å². The van der Waals surface area contributed by atoms with Crippen molar-refractivity contribution in [1.29, 1.82) is 0 Å². The normalized spacial score (nSPS) is 14.2. The molecule has 32 heteroatoms. The van der Waals surface area contributed by atoms with Crippen LogP contribution in [-0.4, -0.2) is 205 Å². The number of carbonyl (C=O) groups excluding carboxylic acids is 8. The first kappa shape index (κ1) is 93.3. The van der Waals surface area contributed by atoms with Crippen LogP contribution in [0.2, 0.25) is 0 Å². The maximum atomic E-state index is 14.0. The summed E-state index contributed by atoms with van der Waals surface area (Å²) < 4.78 is 54.7. The molecule has 112 heavy (non-hydrogen) atoms. The zero-order chi connectivity index (χ0) is 81.4. The Balaban J connectivity index is 2.34. The van der Waals surface area contributed by atoms with Crippen LogP contribution in [0.15, 0.2) is 48.5 Å². The largest absolute Gasteiger partial charge is 0.483 e. The van der Waals surface area contributed by atoms with E-state index in [2.05, 4.69) is 70.2 Å². The van der Waals surface area contributed by atoms with E-state index < -0.39 is 124 Å². The van der Waals surface area contributed by atoms with Crippen LogP contribution in [0.5, 0.6) is 46.0 Å². The Morgan fingerprint density at radius 1 is 0.232 bits per heavy atom. The number of hydrogen-bond acceptors (Lipinski definition) is 24. The maximum Gasteiger partial charge on any atom is 0.257 e. The minimum atomic E-state index is -0.821. The summed E-state index contributed by atoms with van der Waals surface area (Å²) in [6, 6.07) is 14.5. The van der Waals surface area contributed by atoms with E-state index >= 15 is 0 Å². The van der Waals surface area contributed by atoms with Gasteiger partial charge in [-0.15, -0.1) is 0 Å². The highest BCUT2D eigenvalue weighted by Gasteiger charge is 2.37. The fourth-order valence-electron chi connectivity index (χ4n) is 13.1. The van der Waals surface area contributed by atoms with Gasteiger partial charge in [0.2, 0.25) is 0 Å². The van der Waals surface area contributed by atoms with Gasteiger partial charge in [-0.1, -0.05) is 105 Å². The monoisotopic (exact) mass is 1570 g/mol. The number of fused-ring (bicyclic) bond motifs is 8. The first-order chi connectivity index (χ1) is 54.4. The van der Waals surface area contributed by atoms with E-state index in [1.165, 1.54) is 0 Å². The number of amides is 8. The number of carbonyl (C=O) groups is 8.